The van der Waals surface area contributed by atoms with Crippen LogP contribution in [-0.2, 0) is 6.42 Å². The largest absolute Gasteiger partial charge is 0.296 e. The van der Waals surface area contributed by atoms with Crippen molar-refractivity contribution >= 4 is 5.78 Å². The normalized spacial score (nSPS) is 17.1. The molecule has 1 aromatic heterocycles. The number of benzene rings is 1. The van der Waals surface area contributed by atoms with Crippen LogP contribution in [0, 0.1) is 17.0 Å². The van der Waals surface area contributed by atoms with Crippen molar-refractivity contribution in [2.24, 2.45) is 5.41 Å². The van der Waals surface area contributed by atoms with E-state index < -0.39 is 11.6 Å². The third-order valence-electron chi connectivity index (χ3n) is 3.57. The second kappa shape index (κ2) is 4.23. The number of rotatable bonds is 1. The first-order valence-corrected chi connectivity index (χ1v) is 6.42. The van der Waals surface area contributed by atoms with E-state index in [0.717, 1.165) is 17.8 Å². The number of halogens is 2. The van der Waals surface area contributed by atoms with Gasteiger partial charge < -0.3 is 0 Å². The number of Topliss-reactive ketones (excluding diaryl/α,β-unsaturated/α-hetero) is 1. The Bertz CT molecular complexity index is 704. The van der Waals surface area contributed by atoms with Gasteiger partial charge in [-0.25, -0.2) is 13.8 Å². The van der Waals surface area contributed by atoms with E-state index in [0.29, 0.717) is 24.2 Å². The van der Waals surface area contributed by atoms with E-state index in [9.17, 15) is 13.6 Å². The molecule has 3 rings (SSSR count). The molecule has 0 atom stereocenters. The van der Waals surface area contributed by atoms with Gasteiger partial charge in [0.25, 0.3) is 0 Å². The van der Waals surface area contributed by atoms with Crippen LogP contribution in [0.2, 0.25) is 0 Å². The molecule has 1 aliphatic carbocycles. The zero-order valence-corrected chi connectivity index (χ0v) is 11.3. The van der Waals surface area contributed by atoms with Crippen LogP contribution in [-0.4, -0.2) is 15.3 Å². The van der Waals surface area contributed by atoms with E-state index in [1.807, 2.05) is 13.8 Å². The van der Waals surface area contributed by atoms with Crippen molar-refractivity contribution < 1.29 is 13.6 Å². The van der Waals surface area contributed by atoms with Crippen molar-refractivity contribution in [3.05, 3.63) is 47.5 Å². The molecule has 5 heteroatoms. The number of fused-ring (bicyclic) bond motifs is 1. The minimum atomic E-state index is -0.937. The smallest absolute Gasteiger partial charge is 0.182 e. The Morgan fingerprint density at radius 1 is 1.20 bits per heavy atom. The maximum absolute atomic E-state index is 13.3. The van der Waals surface area contributed by atoms with Crippen LogP contribution in [0.5, 0.6) is 0 Å². The van der Waals surface area contributed by atoms with E-state index >= 15 is 0 Å². The topological polar surface area (TPSA) is 34.9 Å². The molecule has 0 spiro atoms. The second-order valence-corrected chi connectivity index (χ2v) is 5.95. The summed E-state index contributed by atoms with van der Waals surface area (Å²) in [5, 5.41) is 0. The standard InChI is InChI=1S/C15H14F2N2O/c1-15(2)6-12-14(13(20)7-15)19(8-18-12)9-3-4-10(16)11(17)5-9/h3-5,8H,6-7H2,1-2H3. The van der Waals surface area contributed by atoms with Crippen molar-refractivity contribution in [2.75, 3.05) is 0 Å². The molecule has 1 aliphatic rings. The van der Waals surface area contributed by atoms with Gasteiger partial charge in [0.1, 0.15) is 12.0 Å². The minimum absolute atomic E-state index is 0.0153. The number of imidazole rings is 1. The van der Waals surface area contributed by atoms with Crippen LogP contribution in [0.15, 0.2) is 24.5 Å². The number of ketones is 1. The fourth-order valence-electron chi connectivity index (χ4n) is 2.67. The molecule has 3 nitrogen and oxygen atoms in total. The molecule has 1 heterocycles. The predicted molar refractivity (Wildman–Crippen MR) is 69.9 cm³/mol. The average molecular weight is 276 g/mol. The molecule has 1 aromatic carbocycles. The lowest BCUT2D eigenvalue weighted by atomic mass is 9.77. The Balaban J connectivity index is 2.11. The van der Waals surface area contributed by atoms with E-state index in [4.69, 9.17) is 0 Å². The molecule has 0 aliphatic heterocycles. The van der Waals surface area contributed by atoms with Crippen LogP contribution in [0.4, 0.5) is 8.78 Å². The summed E-state index contributed by atoms with van der Waals surface area (Å²) in [6.07, 6.45) is 2.62. The van der Waals surface area contributed by atoms with Gasteiger partial charge in [-0.15, -0.1) is 0 Å². The summed E-state index contributed by atoms with van der Waals surface area (Å²) in [5.74, 6) is -1.86. The summed E-state index contributed by atoms with van der Waals surface area (Å²) < 4.78 is 27.9. The fraction of sp³-hybridized carbons (Fsp3) is 0.333. The number of aromatic nitrogens is 2. The molecule has 20 heavy (non-hydrogen) atoms. The first-order valence-electron chi connectivity index (χ1n) is 6.42. The number of hydrogen-bond donors (Lipinski definition) is 0. The van der Waals surface area contributed by atoms with Crippen molar-refractivity contribution in [2.45, 2.75) is 26.7 Å². The molecule has 0 fully saturated rings. The zero-order valence-electron chi connectivity index (χ0n) is 11.3. The van der Waals surface area contributed by atoms with Gasteiger partial charge in [-0.05, 0) is 24.0 Å². The van der Waals surface area contributed by atoms with Crippen LogP contribution >= 0.6 is 0 Å². The summed E-state index contributed by atoms with van der Waals surface area (Å²) in [5.41, 5.74) is 1.49. The summed E-state index contributed by atoms with van der Waals surface area (Å²) in [6.45, 7) is 4.04. The summed E-state index contributed by atoms with van der Waals surface area (Å²) in [4.78, 5) is 16.5. The van der Waals surface area contributed by atoms with Gasteiger partial charge in [-0.1, -0.05) is 13.8 Å². The molecular formula is C15H14F2N2O. The highest BCUT2D eigenvalue weighted by molar-refractivity contribution is 5.97. The Hall–Kier alpha value is -2.04. The number of hydrogen-bond acceptors (Lipinski definition) is 2. The van der Waals surface area contributed by atoms with Crippen LogP contribution in [0.1, 0.15) is 36.5 Å². The molecule has 2 aromatic rings. The van der Waals surface area contributed by atoms with Crippen molar-refractivity contribution in [3.63, 3.8) is 0 Å². The first kappa shape index (κ1) is 13.0. The lowest BCUT2D eigenvalue weighted by Gasteiger charge is -2.28. The number of carbonyl (C=O) groups is 1. The molecule has 0 amide bonds. The highest BCUT2D eigenvalue weighted by Gasteiger charge is 2.34. The minimum Gasteiger partial charge on any atom is -0.296 e. The molecule has 0 N–H and O–H groups in total. The summed E-state index contributed by atoms with van der Waals surface area (Å²) in [6, 6.07) is 3.56. The molecule has 0 radical (unpaired) electrons. The lowest BCUT2D eigenvalue weighted by molar-refractivity contribution is 0.0904. The van der Waals surface area contributed by atoms with Gasteiger partial charge in [0.15, 0.2) is 17.4 Å². The number of nitrogens with zero attached hydrogens (tertiary/aromatic N) is 2. The maximum atomic E-state index is 13.3. The van der Waals surface area contributed by atoms with Crippen LogP contribution < -0.4 is 0 Å². The molecule has 0 unspecified atom stereocenters. The zero-order chi connectivity index (χ0) is 14.5. The Morgan fingerprint density at radius 3 is 2.65 bits per heavy atom. The quantitative estimate of drug-likeness (QED) is 0.801. The Morgan fingerprint density at radius 2 is 1.95 bits per heavy atom. The third-order valence-corrected chi connectivity index (χ3v) is 3.57. The van der Waals surface area contributed by atoms with Crippen molar-refractivity contribution in [1.29, 1.82) is 0 Å². The molecular weight excluding hydrogens is 262 g/mol. The van der Waals surface area contributed by atoms with E-state index in [1.165, 1.54) is 17.0 Å². The Kier molecular flexibility index (Phi) is 2.74. The third kappa shape index (κ3) is 2.03. The second-order valence-electron chi connectivity index (χ2n) is 5.95. The van der Waals surface area contributed by atoms with Gasteiger partial charge in [0, 0.05) is 12.5 Å². The summed E-state index contributed by atoms with van der Waals surface area (Å²) >= 11 is 0. The molecule has 0 saturated heterocycles. The van der Waals surface area contributed by atoms with E-state index in [2.05, 4.69) is 4.98 Å². The molecule has 0 bridgehead atoms. The van der Waals surface area contributed by atoms with Gasteiger partial charge in [-0.2, -0.15) is 0 Å². The average Bonchev–Trinajstić information content (AvgIpc) is 2.75. The van der Waals surface area contributed by atoms with E-state index in [1.54, 1.807) is 0 Å². The molecule has 104 valence electrons. The molecule has 0 saturated carbocycles. The van der Waals surface area contributed by atoms with E-state index in [-0.39, 0.29) is 11.2 Å². The monoisotopic (exact) mass is 276 g/mol. The SMILES string of the molecule is CC1(C)CC(=O)c2c(ncn2-c2ccc(F)c(F)c2)C1. The number of carbonyl (C=O) groups excluding carboxylic acids is 1. The fourth-order valence-corrected chi connectivity index (χ4v) is 2.67. The van der Waals surface area contributed by atoms with Crippen molar-refractivity contribution in [1.82, 2.24) is 9.55 Å². The maximum Gasteiger partial charge on any atom is 0.182 e. The predicted octanol–water partition coefficient (Wildman–Crippen LogP) is 3.31. The highest BCUT2D eigenvalue weighted by Crippen LogP contribution is 2.34. The lowest BCUT2D eigenvalue weighted by Crippen LogP contribution is -2.28. The highest BCUT2D eigenvalue weighted by atomic mass is 19.2. The van der Waals surface area contributed by atoms with Crippen LogP contribution in [0.3, 0.4) is 0 Å². The Labute approximate surface area is 115 Å². The first-order chi connectivity index (χ1) is 9.37. The van der Waals surface area contributed by atoms with Gasteiger partial charge in [-0.3, -0.25) is 9.36 Å². The van der Waals surface area contributed by atoms with Gasteiger partial charge in [0.2, 0.25) is 0 Å². The van der Waals surface area contributed by atoms with Gasteiger partial charge >= 0.3 is 0 Å². The van der Waals surface area contributed by atoms with Crippen molar-refractivity contribution in [3.8, 4) is 5.69 Å². The van der Waals surface area contributed by atoms with Crippen LogP contribution in [0.25, 0.3) is 5.69 Å². The van der Waals surface area contributed by atoms with Gasteiger partial charge in [0.05, 0.1) is 11.4 Å². The summed E-state index contributed by atoms with van der Waals surface area (Å²) in [7, 11) is 0.